The number of rotatable bonds is 7. The lowest BCUT2D eigenvalue weighted by Crippen LogP contribution is -2.29. The van der Waals surface area contributed by atoms with Crippen LogP contribution in [0.5, 0.6) is 0 Å². The van der Waals surface area contributed by atoms with Crippen molar-refractivity contribution >= 4 is 17.5 Å². The van der Waals surface area contributed by atoms with E-state index in [1.165, 1.54) is 0 Å². The number of carbonyl (C=O) groups is 2. The molecule has 3 N–H and O–H groups in total. The molecule has 0 saturated heterocycles. The van der Waals surface area contributed by atoms with E-state index >= 15 is 0 Å². The summed E-state index contributed by atoms with van der Waals surface area (Å²) < 4.78 is 5.13. The molecule has 0 radical (unpaired) electrons. The Morgan fingerprint density at radius 3 is 2.73 bits per heavy atom. The van der Waals surface area contributed by atoms with Gasteiger partial charge >= 0.3 is 0 Å². The van der Waals surface area contributed by atoms with E-state index in [1.807, 2.05) is 13.0 Å². The van der Waals surface area contributed by atoms with Crippen LogP contribution in [0.1, 0.15) is 23.0 Å². The van der Waals surface area contributed by atoms with Crippen LogP contribution in [0, 0.1) is 0 Å². The van der Waals surface area contributed by atoms with E-state index in [0.717, 1.165) is 5.69 Å². The minimum atomic E-state index is -0.153. The van der Waals surface area contributed by atoms with Crippen molar-refractivity contribution in [2.75, 3.05) is 18.4 Å². The number of carbonyl (C=O) groups excluding carboxylic acids is 2. The van der Waals surface area contributed by atoms with Crippen molar-refractivity contribution in [1.82, 2.24) is 10.6 Å². The van der Waals surface area contributed by atoms with Crippen LogP contribution < -0.4 is 16.0 Å². The largest absolute Gasteiger partial charge is 0.467 e. The van der Waals surface area contributed by atoms with Gasteiger partial charge in [-0.05, 0) is 37.3 Å². The molecule has 1 heterocycles. The molecule has 6 nitrogen and oxygen atoms in total. The summed E-state index contributed by atoms with van der Waals surface area (Å²) in [4.78, 5) is 23.5. The predicted molar refractivity (Wildman–Crippen MR) is 83.5 cm³/mol. The third-order valence-electron chi connectivity index (χ3n) is 2.96. The van der Waals surface area contributed by atoms with Crippen LogP contribution in [0.15, 0.2) is 47.1 Å². The summed E-state index contributed by atoms with van der Waals surface area (Å²) in [5, 5.41) is 8.46. The number of anilines is 1. The van der Waals surface area contributed by atoms with Crippen LogP contribution in [0.4, 0.5) is 5.69 Å². The van der Waals surface area contributed by atoms with Crippen LogP contribution >= 0.6 is 0 Å². The highest BCUT2D eigenvalue weighted by atomic mass is 16.3. The van der Waals surface area contributed by atoms with E-state index in [9.17, 15) is 9.59 Å². The van der Waals surface area contributed by atoms with Crippen molar-refractivity contribution < 1.29 is 14.0 Å². The van der Waals surface area contributed by atoms with Crippen molar-refractivity contribution in [2.24, 2.45) is 0 Å². The highest BCUT2D eigenvalue weighted by molar-refractivity contribution is 5.95. The van der Waals surface area contributed by atoms with Gasteiger partial charge in [0.15, 0.2) is 0 Å². The SMILES string of the molecule is CCNC(=O)c1cccc(NCC(=O)NCc2ccco2)c1. The third-order valence-corrected chi connectivity index (χ3v) is 2.96. The van der Waals surface area contributed by atoms with E-state index in [0.29, 0.717) is 24.4 Å². The minimum Gasteiger partial charge on any atom is -0.467 e. The first kappa shape index (κ1) is 15.6. The number of nitrogens with one attached hydrogen (secondary N) is 3. The van der Waals surface area contributed by atoms with Gasteiger partial charge in [0.25, 0.3) is 5.91 Å². The van der Waals surface area contributed by atoms with E-state index in [4.69, 9.17) is 4.42 Å². The maximum absolute atomic E-state index is 11.7. The van der Waals surface area contributed by atoms with Gasteiger partial charge in [-0.25, -0.2) is 0 Å². The summed E-state index contributed by atoms with van der Waals surface area (Å²) in [6.07, 6.45) is 1.56. The lowest BCUT2D eigenvalue weighted by atomic mass is 10.2. The summed E-state index contributed by atoms with van der Waals surface area (Å²) in [6, 6.07) is 10.6. The van der Waals surface area contributed by atoms with Crippen LogP contribution in [0.2, 0.25) is 0 Å². The molecule has 0 spiro atoms. The van der Waals surface area contributed by atoms with Gasteiger partial charge < -0.3 is 20.4 Å². The number of hydrogen-bond acceptors (Lipinski definition) is 4. The fourth-order valence-electron chi connectivity index (χ4n) is 1.88. The molecule has 0 fully saturated rings. The molecule has 1 aromatic heterocycles. The summed E-state index contributed by atoms with van der Waals surface area (Å²) in [5.41, 5.74) is 1.28. The number of amides is 2. The van der Waals surface area contributed by atoms with Gasteiger partial charge in [0.1, 0.15) is 5.76 Å². The average Bonchev–Trinajstić information content (AvgIpc) is 3.05. The Kier molecular flexibility index (Phi) is 5.59. The maximum atomic E-state index is 11.7. The van der Waals surface area contributed by atoms with Gasteiger partial charge in [-0.15, -0.1) is 0 Å². The van der Waals surface area contributed by atoms with Crippen molar-refractivity contribution in [1.29, 1.82) is 0 Å². The fourth-order valence-corrected chi connectivity index (χ4v) is 1.88. The topological polar surface area (TPSA) is 83.4 Å². The Morgan fingerprint density at radius 2 is 2.00 bits per heavy atom. The van der Waals surface area contributed by atoms with E-state index in [1.54, 1.807) is 36.6 Å². The van der Waals surface area contributed by atoms with Crippen LogP contribution in [0.25, 0.3) is 0 Å². The third kappa shape index (κ3) is 4.66. The van der Waals surface area contributed by atoms with E-state index < -0.39 is 0 Å². The lowest BCUT2D eigenvalue weighted by molar-refractivity contribution is -0.119. The molecule has 116 valence electrons. The zero-order chi connectivity index (χ0) is 15.8. The predicted octanol–water partition coefficient (Wildman–Crippen LogP) is 1.76. The smallest absolute Gasteiger partial charge is 0.251 e. The summed E-state index contributed by atoms with van der Waals surface area (Å²) in [5.74, 6) is 0.416. The molecule has 0 aliphatic carbocycles. The molecule has 0 unspecified atom stereocenters. The standard InChI is InChI=1S/C16H19N3O3/c1-2-17-16(21)12-5-3-6-13(9-12)18-11-15(20)19-10-14-7-4-8-22-14/h3-9,18H,2,10-11H2,1H3,(H,17,21)(H,19,20). The first-order valence-electron chi connectivity index (χ1n) is 7.10. The first-order valence-corrected chi connectivity index (χ1v) is 7.10. The maximum Gasteiger partial charge on any atom is 0.251 e. The van der Waals surface area contributed by atoms with Gasteiger partial charge in [-0.2, -0.15) is 0 Å². The van der Waals surface area contributed by atoms with Gasteiger partial charge in [-0.1, -0.05) is 6.07 Å². The molecule has 2 aromatic rings. The monoisotopic (exact) mass is 301 g/mol. The lowest BCUT2D eigenvalue weighted by Gasteiger charge is -2.08. The second-order valence-corrected chi connectivity index (χ2v) is 4.65. The second kappa shape index (κ2) is 7.87. The van der Waals surface area contributed by atoms with Gasteiger partial charge in [0.2, 0.25) is 5.91 Å². The first-order chi connectivity index (χ1) is 10.7. The summed E-state index contributed by atoms with van der Waals surface area (Å²) >= 11 is 0. The Labute approximate surface area is 128 Å². The summed E-state index contributed by atoms with van der Waals surface area (Å²) in [6.45, 7) is 2.92. The van der Waals surface area contributed by atoms with Crippen molar-refractivity contribution in [2.45, 2.75) is 13.5 Å². The molecule has 22 heavy (non-hydrogen) atoms. The number of benzene rings is 1. The number of furan rings is 1. The molecule has 2 rings (SSSR count). The second-order valence-electron chi connectivity index (χ2n) is 4.65. The van der Waals surface area contributed by atoms with Crippen LogP contribution in [-0.2, 0) is 11.3 Å². The minimum absolute atomic E-state index is 0.125. The molecule has 0 aliphatic rings. The molecule has 0 bridgehead atoms. The number of hydrogen-bond donors (Lipinski definition) is 3. The highest BCUT2D eigenvalue weighted by Crippen LogP contribution is 2.10. The van der Waals surface area contributed by atoms with Gasteiger partial charge in [0.05, 0.1) is 19.4 Å². The fraction of sp³-hybridized carbons (Fsp3) is 0.250. The van der Waals surface area contributed by atoms with E-state index in [2.05, 4.69) is 16.0 Å². The van der Waals surface area contributed by atoms with Crippen molar-refractivity contribution in [3.05, 3.63) is 54.0 Å². The molecule has 6 heteroatoms. The zero-order valence-electron chi connectivity index (χ0n) is 12.4. The molecule has 1 aromatic carbocycles. The van der Waals surface area contributed by atoms with Crippen LogP contribution in [0.3, 0.4) is 0 Å². The van der Waals surface area contributed by atoms with Gasteiger partial charge in [0, 0.05) is 17.8 Å². The quantitative estimate of drug-likeness (QED) is 0.727. The highest BCUT2D eigenvalue weighted by Gasteiger charge is 2.06. The van der Waals surface area contributed by atoms with Crippen molar-refractivity contribution in [3.8, 4) is 0 Å². The van der Waals surface area contributed by atoms with Crippen molar-refractivity contribution in [3.63, 3.8) is 0 Å². The zero-order valence-corrected chi connectivity index (χ0v) is 12.4. The molecule has 2 amide bonds. The Bertz CT molecular complexity index is 623. The van der Waals surface area contributed by atoms with E-state index in [-0.39, 0.29) is 18.4 Å². The average molecular weight is 301 g/mol. The normalized spacial score (nSPS) is 10.0. The Balaban J connectivity index is 1.82. The molecule has 0 aliphatic heterocycles. The van der Waals surface area contributed by atoms with Gasteiger partial charge in [-0.3, -0.25) is 9.59 Å². The summed E-state index contributed by atoms with van der Waals surface area (Å²) in [7, 11) is 0. The Hall–Kier alpha value is -2.76. The van der Waals surface area contributed by atoms with Crippen LogP contribution in [-0.4, -0.2) is 24.9 Å². The molecular formula is C16H19N3O3. The Morgan fingerprint density at radius 1 is 1.14 bits per heavy atom. The molecular weight excluding hydrogens is 282 g/mol. The molecule has 0 atom stereocenters. The molecule has 0 saturated carbocycles.